The Morgan fingerprint density at radius 3 is 2.53 bits per heavy atom. The normalized spacial score (nSPS) is 10.5. The number of fused-ring (bicyclic) bond motifs is 1. The van der Waals surface area contributed by atoms with E-state index in [1.54, 1.807) is 42.9 Å². The Balaban J connectivity index is 1.43. The maximum atomic E-state index is 12.4. The predicted octanol–water partition coefficient (Wildman–Crippen LogP) is 2.95. The summed E-state index contributed by atoms with van der Waals surface area (Å²) < 4.78 is 11.0. The second kappa shape index (κ2) is 10.2. The number of nitrogens with zero attached hydrogens (tertiary/aromatic N) is 1. The lowest BCUT2D eigenvalue weighted by molar-refractivity contribution is 0.0706. The molecule has 0 aliphatic rings. The summed E-state index contributed by atoms with van der Waals surface area (Å²) in [5.41, 5.74) is 2.94. The van der Waals surface area contributed by atoms with Crippen molar-refractivity contribution in [3.8, 4) is 11.5 Å². The predicted molar refractivity (Wildman–Crippen MR) is 111 cm³/mol. The highest BCUT2D eigenvalue weighted by Crippen LogP contribution is 2.24. The quantitative estimate of drug-likeness (QED) is 0.285. The molecule has 156 valence electrons. The number of aromatic nitrogens is 1. The molecule has 3 rings (SSSR count). The van der Waals surface area contributed by atoms with Gasteiger partial charge in [-0.3, -0.25) is 14.8 Å². The molecule has 3 aromatic rings. The van der Waals surface area contributed by atoms with Gasteiger partial charge in [-0.15, -0.1) is 0 Å². The molecule has 1 heterocycles. The minimum atomic E-state index is -0.573. The van der Waals surface area contributed by atoms with Crippen LogP contribution in [0.2, 0.25) is 0 Å². The van der Waals surface area contributed by atoms with Crippen LogP contribution in [0, 0.1) is 0 Å². The van der Waals surface area contributed by atoms with E-state index in [0.717, 1.165) is 18.2 Å². The lowest BCUT2D eigenvalue weighted by Gasteiger charge is -2.10. The van der Waals surface area contributed by atoms with Crippen LogP contribution < -0.4 is 20.3 Å². The van der Waals surface area contributed by atoms with E-state index in [-0.39, 0.29) is 5.91 Å². The van der Waals surface area contributed by atoms with E-state index in [4.69, 9.17) is 14.7 Å². The fourth-order valence-electron chi connectivity index (χ4n) is 2.91. The first-order valence-electron chi connectivity index (χ1n) is 9.51. The zero-order valence-corrected chi connectivity index (χ0v) is 16.6. The molecule has 0 saturated heterocycles. The average molecular weight is 409 g/mol. The average Bonchev–Trinajstić information content (AvgIpc) is 2.80. The van der Waals surface area contributed by atoms with Crippen LogP contribution in [0.1, 0.15) is 33.7 Å². The van der Waals surface area contributed by atoms with E-state index in [0.29, 0.717) is 41.4 Å². The van der Waals surface area contributed by atoms with E-state index in [2.05, 4.69) is 10.3 Å². The Kier molecular flexibility index (Phi) is 7.18. The van der Waals surface area contributed by atoms with Crippen molar-refractivity contribution in [2.45, 2.75) is 12.8 Å². The molecule has 0 unspecified atom stereocenters. The van der Waals surface area contributed by atoms with E-state index >= 15 is 0 Å². The van der Waals surface area contributed by atoms with Crippen LogP contribution in [0.25, 0.3) is 10.9 Å². The molecule has 8 heteroatoms. The number of methoxy groups -OCH3 is 1. The Labute approximate surface area is 173 Å². The van der Waals surface area contributed by atoms with Crippen LogP contribution in [0.15, 0.2) is 54.6 Å². The molecule has 0 spiro atoms. The monoisotopic (exact) mass is 409 g/mol. The summed E-state index contributed by atoms with van der Waals surface area (Å²) in [7, 11) is 1.57. The topological polar surface area (TPSA) is 110 Å². The van der Waals surface area contributed by atoms with E-state index in [1.165, 1.54) is 0 Å². The summed E-state index contributed by atoms with van der Waals surface area (Å²) in [5, 5.41) is 12.3. The van der Waals surface area contributed by atoms with Gasteiger partial charge in [-0.25, -0.2) is 10.5 Å². The molecule has 2 aromatic carbocycles. The van der Waals surface area contributed by atoms with E-state index in [1.807, 2.05) is 24.3 Å². The number of ether oxygens (including phenoxy) is 2. The van der Waals surface area contributed by atoms with Crippen molar-refractivity contribution in [2.75, 3.05) is 20.3 Å². The van der Waals surface area contributed by atoms with Gasteiger partial charge in [-0.1, -0.05) is 12.1 Å². The minimum absolute atomic E-state index is 0.252. The highest BCUT2D eigenvalue weighted by molar-refractivity contribution is 5.97. The molecule has 0 fully saturated rings. The number of nitrogens with one attached hydrogen (secondary N) is 2. The maximum Gasteiger partial charge on any atom is 0.274 e. The Morgan fingerprint density at radius 2 is 1.80 bits per heavy atom. The molecule has 2 amide bonds. The molecule has 0 saturated carbocycles. The van der Waals surface area contributed by atoms with Gasteiger partial charge >= 0.3 is 0 Å². The number of unbranched alkanes of at least 4 members (excludes halogenated alkanes) is 1. The Morgan fingerprint density at radius 1 is 1.03 bits per heavy atom. The number of rotatable bonds is 9. The molecular formula is C22H23N3O5. The molecule has 1 aromatic heterocycles. The number of hydrogen-bond donors (Lipinski definition) is 3. The van der Waals surface area contributed by atoms with Gasteiger partial charge in [0.25, 0.3) is 11.8 Å². The molecule has 0 atom stereocenters. The zero-order chi connectivity index (χ0) is 21.3. The van der Waals surface area contributed by atoms with Crippen molar-refractivity contribution in [1.82, 2.24) is 15.8 Å². The van der Waals surface area contributed by atoms with Crippen molar-refractivity contribution in [3.63, 3.8) is 0 Å². The summed E-state index contributed by atoms with van der Waals surface area (Å²) >= 11 is 0. The second-order valence-corrected chi connectivity index (χ2v) is 6.50. The molecule has 0 radical (unpaired) electrons. The number of hydroxylamine groups is 1. The van der Waals surface area contributed by atoms with Crippen LogP contribution in [0.5, 0.6) is 11.5 Å². The van der Waals surface area contributed by atoms with Crippen molar-refractivity contribution in [1.29, 1.82) is 0 Å². The van der Waals surface area contributed by atoms with Crippen molar-refractivity contribution in [3.05, 3.63) is 65.9 Å². The maximum absolute atomic E-state index is 12.4. The summed E-state index contributed by atoms with van der Waals surface area (Å²) in [4.78, 5) is 28.1. The van der Waals surface area contributed by atoms with Gasteiger partial charge in [-0.05, 0) is 49.2 Å². The van der Waals surface area contributed by atoms with Gasteiger partial charge in [0.2, 0.25) is 0 Å². The lowest BCUT2D eigenvalue weighted by Crippen LogP contribution is -2.25. The van der Waals surface area contributed by atoms with Gasteiger partial charge < -0.3 is 14.8 Å². The van der Waals surface area contributed by atoms with Gasteiger partial charge in [-0.2, -0.15) is 0 Å². The number of hydrogen-bond acceptors (Lipinski definition) is 6. The van der Waals surface area contributed by atoms with Crippen LogP contribution in [0.3, 0.4) is 0 Å². The smallest absolute Gasteiger partial charge is 0.274 e. The third-order valence-corrected chi connectivity index (χ3v) is 4.47. The van der Waals surface area contributed by atoms with Gasteiger partial charge in [0.05, 0.1) is 19.2 Å². The minimum Gasteiger partial charge on any atom is -0.496 e. The Bertz CT molecular complexity index is 1020. The molecule has 0 bridgehead atoms. The number of para-hydroxylation sites is 1. The molecular weight excluding hydrogens is 386 g/mol. The van der Waals surface area contributed by atoms with E-state index in [9.17, 15) is 9.59 Å². The third-order valence-electron chi connectivity index (χ3n) is 4.47. The number of amides is 2. The van der Waals surface area contributed by atoms with Crippen LogP contribution in [-0.4, -0.2) is 42.3 Å². The summed E-state index contributed by atoms with van der Waals surface area (Å²) in [5.74, 6) is 0.413. The zero-order valence-electron chi connectivity index (χ0n) is 16.6. The first-order valence-corrected chi connectivity index (χ1v) is 9.51. The van der Waals surface area contributed by atoms with Crippen LogP contribution in [-0.2, 0) is 0 Å². The van der Waals surface area contributed by atoms with Gasteiger partial charge in [0.1, 0.15) is 17.2 Å². The first kappa shape index (κ1) is 21.1. The van der Waals surface area contributed by atoms with Crippen molar-refractivity contribution < 1.29 is 24.3 Å². The molecule has 30 heavy (non-hydrogen) atoms. The first-order chi connectivity index (χ1) is 14.6. The van der Waals surface area contributed by atoms with Gasteiger partial charge in [0, 0.05) is 23.6 Å². The Hall–Kier alpha value is -3.65. The molecule has 0 aliphatic carbocycles. The van der Waals surface area contributed by atoms with Crippen molar-refractivity contribution in [2.24, 2.45) is 0 Å². The SMILES string of the molecule is COc1cc(C(=O)NCCCCOc2ccc(C(=O)NO)cc2)nc2ccccc12. The summed E-state index contributed by atoms with van der Waals surface area (Å²) in [6.45, 7) is 0.970. The standard InChI is InChI=1S/C22H23N3O5/c1-29-20-14-19(24-18-7-3-2-6-17(18)20)22(27)23-12-4-5-13-30-16-10-8-15(9-11-16)21(26)25-28/h2-3,6-11,14,28H,4-5,12-13H2,1H3,(H,23,27)(H,25,26). The van der Waals surface area contributed by atoms with Crippen LogP contribution >= 0.6 is 0 Å². The number of carbonyl (C=O) groups excluding carboxylic acids is 2. The molecule has 8 nitrogen and oxygen atoms in total. The lowest BCUT2D eigenvalue weighted by atomic mass is 10.1. The fourth-order valence-corrected chi connectivity index (χ4v) is 2.91. The second-order valence-electron chi connectivity index (χ2n) is 6.50. The third kappa shape index (κ3) is 5.24. The largest absolute Gasteiger partial charge is 0.496 e. The summed E-state index contributed by atoms with van der Waals surface area (Å²) in [6.07, 6.45) is 1.48. The number of pyridine rings is 1. The number of benzene rings is 2. The summed E-state index contributed by atoms with van der Waals surface area (Å²) in [6, 6.07) is 15.6. The molecule has 3 N–H and O–H groups in total. The highest BCUT2D eigenvalue weighted by atomic mass is 16.5. The van der Waals surface area contributed by atoms with Crippen LogP contribution in [0.4, 0.5) is 0 Å². The molecule has 0 aliphatic heterocycles. The van der Waals surface area contributed by atoms with Crippen molar-refractivity contribution >= 4 is 22.7 Å². The fraction of sp³-hybridized carbons (Fsp3) is 0.227. The highest BCUT2D eigenvalue weighted by Gasteiger charge is 2.12. The number of carbonyl (C=O) groups is 2. The van der Waals surface area contributed by atoms with E-state index < -0.39 is 5.91 Å². The van der Waals surface area contributed by atoms with Gasteiger partial charge in [0.15, 0.2) is 0 Å².